The van der Waals surface area contributed by atoms with Crippen LogP contribution in [0.1, 0.15) is 47.2 Å². The fraction of sp³-hybridized carbons (Fsp3) is 0.400. The predicted molar refractivity (Wildman–Crippen MR) is 118 cm³/mol. The zero-order valence-corrected chi connectivity index (χ0v) is 18.7. The van der Waals surface area contributed by atoms with E-state index in [1.807, 2.05) is 6.92 Å². The number of hydrogen-bond acceptors (Lipinski definition) is 3. The summed E-state index contributed by atoms with van der Waals surface area (Å²) in [4.78, 5) is 10.7. The van der Waals surface area contributed by atoms with Crippen molar-refractivity contribution in [3.8, 4) is 0 Å². The molecule has 0 amide bonds. The average molecular weight is 395 g/mol. The predicted octanol–water partition coefficient (Wildman–Crippen LogP) is 5.70. The van der Waals surface area contributed by atoms with E-state index in [1.165, 1.54) is 33.5 Å². The minimum absolute atomic E-state index is 0.336. The molecular formula is C25H32NO3+. The number of aryl methyl sites for hydroxylation is 5. The van der Waals surface area contributed by atoms with Gasteiger partial charge in [0.05, 0.1) is 12.2 Å². The number of nitrogens with zero attached hydrogens (tertiary/aromatic N) is 1. The summed E-state index contributed by atoms with van der Waals surface area (Å²) in [6.45, 7) is 16.0. The maximum Gasteiger partial charge on any atom is 0.292 e. The summed E-state index contributed by atoms with van der Waals surface area (Å²) in [5.74, 6) is 0.889. The quantitative estimate of drug-likeness (QED) is 0.272. The molecule has 1 heterocycles. The highest BCUT2D eigenvalue weighted by Crippen LogP contribution is 2.34. The Morgan fingerprint density at radius 3 is 2.10 bits per heavy atom. The van der Waals surface area contributed by atoms with Gasteiger partial charge in [-0.25, -0.2) is 9.78 Å². The molecule has 1 aliphatic rings. The summed E-state index contributed by atoms with van der Waals surface area (Å²) in [6, 6.07) is 10.8. The van der Waals surface area contributed by atoms with Gasteiger partial charge < -0.3 is 4.74 Å². The first-order valence-electron chi connectivity index (χ1n) is 10.2. The molecule has 2 aromatic rings. The van der Waals surface area contributed by atoms with Gasteiger partial charge >= 0.3 is 0 Å². The molecule has 2 aromatic carbocycles. The largest absolute Gasteiger partial charge is 0.435 e. The molecule has 1 aliphatic heterocycles. The number of hydrogen-bond donors (Lipinski definition) is 0. The topological polar surface area (TPSA) is 30.7 Å². The van der Waals surface area contributed by atoms with Gasteiger partial charge in [-0.15, -0.1) is 0 Å². The maximum atomic E-state index is 6.41. The SMILES string of the molecule is CCOOCC1=C(c2c(C)cc(C)cc2C)OC[N+](c2c(C)cccc2C)=C1C. The Labute approximate surface area is 174 Å². The molecule has 0 atom stereocenters. The van der Waals surface area contributed by atoms with Gasteiger partial charge in [-0.1, -0.05) is 35.9 Å². The Bertz CT molecular complexity index is 942. The lowest BCUT2D eigenvalue weighted by atomic mass is 9.94. The minimum Gasteiger partial charge on any atom is -0.435 e. The molecule has 0 N–H and O–H groups in total. The molecule has 0 saturated heterocycles. The van der Waals surface area contributed by atoms with E-state index in [9.17, 15) is 0 Å². The van der Waals surface area contributed by atoms with Crippen molar-refractivity contribution < 1.29 is 19.1 Å². The molecule has 0 unspecified atom stereocenters. The fourth-order valence-corrected chi connectivity index (χ4v) is 4.22. The first-order valence-corrected chi connectivity index (χ1v) is 10.2. The molecule has 0 radical (unpaired) electrons. The third-order valence-corrected chi connectivity index (χ3v) is 5.47. The highest BCUT2D eigenvalue weighted by atomic mass is 17.2. The van der Waals surface area contributed by atoms with Crippen molar-refractivity contribution in [2.75, 3.05) is 19.9 Å². The Morgan fingerprint density at radius 1 is 0.897 bits per heavy atom. The summed E-state index contributed by atoms with van der Waals surface area (Å²) in [5.41, 5.74) is 10.6. The Morgan fingerprint density at radius 2 is 1.52 bits per heavy atom. The van der Waals surface area contributed by atoms with Crippen LogP contribution < -0.4 is 0 Å². The number of benzene rings is 2. The van der Waals surface area contributed by atoms with Crippen molar-refractivity contribution in [2.45, 2.75) is 48.5 Å². The molecule has 3 rings (SSSR count). The van der Waals surface area contributed by atoms with Crippen LogP contribution in [0.5, 0.6) is 0 Å². The normalized spacial score (nSPS) is 14.4. The van der Waals surface area contributed by atoms with Crippen LogP contribution in [0.25, 0.3) is 5.76 Å². The lowest BCUT2D eigenvalue weighted by Crippen LogP contribution is -2.29. The highest BCUT2D eigenvalue weighted by Gasteiger charge is 2.32. The second-order valence-electron chi connectivity index (χ2n) is 7.78. The van der Waals surface area contributed by atoms with Crippen molar-refractivity contribution in [2.24, 2.45) is 0 Å². The lowest BCUT2D eigenvalue weighted by Gasteiger charge is -2.24. The molecule has 4 heteroatoms. The second-order valence-corrected chi connectivity index (χ2v) is 7.78. The van der Waals surface area contributed by atoms with Crippen LogP contribution in [-0.2, 0) is 14.5 Å². The van der Waals surface area contributed by atoms with Crippen LogP contribution in [0.2, 0.25) is 0 Å². The molecular weight excluding hydrogens is 362 g/mol. The van der Waals surface area contributed by atoms with Gasteiger partial charge in [0, 0.05) is 23.6 Å². The third kappa shape index (κ3) is 4.29. The summed E-state index contributed by atoms with van der Waals surface area (Å²) in [5, 5.41) is 0. The summed E-state index contributed by atoms with van der Waals surface area (Å²) >= 11 is 0. The van der Waals surface area contributed by atoms with E-state index in [-0.39, 0.29) is 0 Å². The molecule has 0 bridgehead atoms. The van der Waals surface area contributed by atoms with E-state index < -0.39 is 0 Å². The molecule has 0 saturated carbocycles. The first-order chi connectivity index (χ1) is 13.8. The van der Waals surface area contributed by atoms with Crippen LogP contribution in [-0.4, -0.2) is 30.2 Å². The standard InChI is InChI=1S/C25H32NO3/c1-8-28-29-14-22-21(7)26(24-17(3)10-9-11-18(24)4)15-27-25(22)23-19(5)12-16(2)13-20(23)6/h9-13H,8,14-15H2,1-7H3/q+1. The molecule has 0 spiro atoms. The van der Waals surface area contributed by atoms with E-state index in [1.54, 1.807) is 0 Å². The van der Waals surface area contributed by atoms with Crippen molar-refractivity contribution in [1.82, 2.24) is 0 Å². The Balaban J connectivity index is 2.20. The molecule has 4 nitrogen and oxygen atoms in total. The van der Waals surface area contributed by atoms with Gasteiger partial charge in [0.25, 0.3) is 6.73 Å². The maximum absolute atomic E-state index is 6.41. The molecule has 29 heavy (non-hydrogen) atoms. The summed E-state index contributed by atoms with van der Waals surface area (Å²) in [7, 11) is 0. The summed E-state index contributed by atoms with van der Waals surface area (Å²) in [6.07, 6.45) is 0. The molecule has 0 aliphatic carbocycles. The average Bonchev–Trinajstić information content (AvgIpc) is 2.64. The van der Waals surface area contributed by atoms with Gasteiger partial charge in [-0.05, 0) is 52.7 Å². The van der Waals surface area contributed by atoms with Gasteiger partial charge in [0.15, 0.2) is 5.71 Å². The number of ether oxygens (including phenoxy) is 1. The molecule has 154 valence electrons. The number of para-hydroxylation sites is 1. The van der Waals surface area contributed by atoms with E-state index in [0.717, 1.165) is 22.6 Å². The zero-order valence-electron chi connectivity index (χ0n) is 18.7. The van der Waals surface area contributed by atoms with Crippen molar-refractivity contribution in [1.29, 1.82) is 0 Å². The molecule has 0 aromatic heterocycles. The van der Waals surface area contributed by atoms with Crippen molar-refractivity contribution in [3.63, 3.8) is 0 Å². The third-order valence-electron chi connectivity index (χ3n) is 5.47. The summed E-state index contributed by atoms with van der Waals surface area (Å²) < 4.78 is 8.64. The Kier molecular flexibility index (Phi) is 6.56. The van der Waals surface area contributed by atoms with Crippen LogP contribution in [0.15, 0.2) is 35.9 Å². The van der Waals surface area contributed by atoms with Gasteiger partial charge in [-0.3, -0.25) is 0 Å². The van der Waals surface area contributed by atoms with E-state index >= 15 is 0 Å². The van der Waals surface area contributed by atoms with E-state index in [2.05, 4.69) is 76.4 Å². The van der Waals surface area contributed by atoms with Crippen LogP contribution >= 0.6 is 0 Å². The zero-order chi connectivity index (χ0) is 21.1. The van der Waals surface area contributed by atoms with Crippen molar-refractivity contribution >= 4 is 17.2 Å². The minimum atomic E-state index is 0.336. The molecule has 0 fully saturated rings. The van der Waals surface area contributed by atoms with E-state index in [4.69, 9.17) is 14.5 Å². The second kappa shape index (κ2) is 8.93. The lowest BCUT2D eigenvalue weighted by molar-refractivity contribution is -0.486. The fourth-order valence-electron chi connectivity index (χ4n) is 4.22. The van der Waals surface area contributed by atoms with Crippen LogP contribution in [0.3, 0.4) is 0 Å². The Hall–Kier alpha value is -2.43. The first kappa shape index (κ1) is 21.3. The smallest absolute Gasteiger partial charge is 0.292 e. The van der Waals surface area contributed by atoms with Crippen LogP contribution in [0.4, 0.5) is 5.69 Å². The van der Waals surface area contributed by atoms with Crippen molar-refractivity contribution in [3.05, 3.63) is 69.3 Å². The van der Waals surface area contributed by atoms with Gasteiger partial charge in [-0.2, -0.15) is 4.58 Å². The number of rotatable bonds is 6. The van der Waals surface area contributed by atoms with E-state index in [0.29, 0.717) is 19.9 Å². The monoisotopic (exact) mass is 394 g/mol. The van der Waals surface area contributed by atoms with Gasteiger partial charge in [0.2, 0.25) is 5.69 Å². The van der Waals surface area contributed by atoms with Crippen LogP contribution in [0, 0.1) is 34.6 Å². The van der Waals surface area contributed by atoms with Gasteiger partial charge in [0.1, 0.15) is 12.4 Å². The highest BCUT2D eigenvalue weighted by molar-refractivity contribution is 6.02.